The monoisotopic (exact) mass is 1170 g/mol. The fourth-order valence-electron chi connectivity index (χ4n) is 14.4. The zero-order valence-electron chi connectivity index (χ0n) is 46.9. The Labute approximate surface area is 514 Å². The van der Waals surface area contributed by atoms with Crippen molar-refractivity contribution in [3.63, 3.8) is 0 Å². The van der Waals surface area contributed by atoms with E-state index in [9.17, 15) is 0 Å². The summed E-state index contributed by atoms with van der Waals surface area (Å²) in [5.74, 6) is 0.669. The van der Waals surface area contributed by atoms with E-state index in [0.29, 0.717) is 5.82 Å². The Morgan fingerprint density at radius 2 is 0.625 bits per heavy atom. The Morgan fingerprint density at radius 3 is 1.11 bits per heavy atom. The van der Waals surface area contributed by atoms with Crippen LogP contribution in [0.25, 0.3) is 188 Å². The lowest BCUT2D eigenvalue weighted by atomic mass is 9.99. The standard InChI is InChI=1S/C80H45N5S3/c1-7-25-67-53(19-1)59-40-62-56-22-4-10-28-73(56)86-76(62)43-70(59)83(67)50-34-31-46(32-35-50)47-33-36-66-65(39-47)79(48-15-13-17-51(37-48)84-68-26-8-2-20-54(68)60-41-63-57-23-5-11-29-74(57)87-77(63)44-71(60)84)82-80(81-66)49-16-14-18-52(38-49)85-69-27-9-3-21-55(69)61-42-64-58-24-6-12-30-75(58)88-78(64)45-72(61)85/h1-45H. The van der Waals surface area contributed by atoms with Crippen molar-refractivity contribution in [2.75, 3.05) is 0 Å². The van der Waals surface area contributed by atoms with E-state index in [1.54, 1.807) is 0 Å². The highest BCUT2D eigenvalue weighted by molar-refractivity contribution is 7.26. The molecular formula is C80H45N5S3. The molecular weight excluding hydrogens is 1130 g/mol. The van der Waals surface area contributed by atoms with Gasteiger partial charge in [-0.2, -0.15) is 0 Å². The number of para-hydroxylation sites is 3. The molecule has 0 spiro atoms. The van der Waals surface area contributed by atoms with Crippen molar-refractivity contribution >= 4 is 171 Å². The average molecular weight is 1170 g/mol. The third-order valence-electron chi connectivity index (χ3n) is 18.4. The van der Waals surface area contributed by atoms with Gasteiger partial charge in [0.2, 0.25) is 0 Å². The third kappa shape index (κ3) is 7.07. The molecule has 88 heavy (non-hydrogen) atoms. The maximum atomic E-state index is 5.71. The molecule has 0 saturated heterocycles. The lowest BCUT2D eigenvalue weighted by Gasteiger charge is -2.15. The first-order valence-electron chi connectivity index (χ1n) is 29.8. The fraction of sp³-hybridized carbons (Fsp3) is 0. The number of thiophene rings is 3. The van der Waals surface area contributed by atoms with Crippen molar-refractivity contribution in [3.05, 3.63) is 273 Å². The van der Waals surface area contributed by atoms with E-state index >= 15 is 0 Å². The van der Waals surface area contributed by atoms with Crippen molar-refractivity contribution in [2.45, 2.75) is 0 Å². The Bertz CT molecular complexity index is 6380. The van der Waals surface area contributed by atoms with Gasteiger partial charge in [0.1, 0.15) is 0 Å². The first-order chi connectivity index (χ1) is 43.6. The van der Waals surface area contributed by atoms with Gasteiger partial charge < -0.3 is 13.7 Å². The van der Waals surface area contributed by atoms with Crippen LogP contribution in [0, 0.1) is 0 Å². The Hall–Kier alpha value is -10.7. The minimum absolute atomic E-state index is 0.669. The summed E-state index contributed by atoms with van der Waals surface area (Å²) < 4.78 is 15.1. The molecule has 0 N–H and O–H groups in total. The van der Waals surface area contributed by atoms with Crippen LogP contribution in [0.4, 0.5) is 0 Å². The summed E-state index contributed by atoms with van der Waals surface area (Å²) in [6.45, 7) is 0. The summed E-state index contributed by atoms with van der Waals surface area (Å²) in [6, 6.07) is 101. The van der Waals surface area contributed by atoms with Crippen LogP contribution in [0.3, 0.4) is 0 Å². The first-order valence-corrected chi connectivity index (χ1v) is 32.2. The largest absolute Gasteiger partial charge is 0.309 e. The highest BCUT2D eigenvalue weighted by atomic mass is 32.1. The van der Waals surface area contributed by atoms with Gasteiger partial charge in [-0.05, 0) is 132 Å². The summed E-state index contributed by atoms with van der Waals surface area (Å²) in [6.07, 6.45) is 0. The molecule has 408 valence electrons. The van der Waals surface area contributed by atoms with E-state index in [2.05, 4.69) is 287 Å². The van der Waals surface area contributed by atoms with Crippen LogP contribution in [0.15, 0.2) is 273 Å². The zero-order chi connectivity index (χ0) is 57.3. The van der Waals surface area contributed by atoms with Crippen LogP contribution >= 0.6 is 34.0 Å². The molecule has 13 aromatic carbocycles. The van der Waals surface area contributed by atoms with Gasteiger partial charge in [-0.1, -0.05) is 152 Å². The van der Waals surface area contributed by atoms with E-state index in [1.807, 2.05) is 34.0 Å². The van der Waals surface area contributed by atoms with Gasteiger partial charge in [0.05, 0.1) is 44.3 Å². The number of rotatable bonds is 6. The van der Waals surface area contributed by atoms with E-state index in [0.717, 1.165) is 61.4 Å². The predicted molar refractivity (Wildman–Crippen MR) is 378 cm³/mol. The van der Waals surface area contributed by atoms with Crippen molar-refractivity contribution in [2.24, 2.45) is 0 Å². The number of hydrogen-bond donors (Lipinski definition) is 0. The number of benzene rings is 13. The number of fused-ring (bicyclic) bond motifs is 19. The van der Waals surface area contributed by atoms with Gasteiger partial charge in [-0.25, -0.2) is 9.97 Å². The molecule has 8 heteroatoms. The molecule has 7 heterocycles. The molecule has 0 amide bonds. The summed E-state index contributed by atoms with van der Waals surface area (Å²) in [5.41, 5.74) is 16.3. The molecule has 0 aliphatic carbocycles. The van der Waals surface area contributed by atoms with Crippen LogP contribution in [-0.2, 0) is 0 Å². The average Bonchev–Trinajstić information content (AvgIpc) is 2.01. The molecule has 20 aromatic rings. The lowest BCUT2D eigenvalue weighted by Crippen LogP contribution is -1.99. The van der Waals surface area contributed by atoms with Crippen LogP contribution in [0.2, 0.25) is 0 Å². The molecule has 0 bridgehead atoms. The van der Waals surface area contributed by atoms with Crippen molar-refractivity contribution in [1.82, 2.24) is 23.7 Å². The second-order valence-electron chi connectivity index (χ2n) is 23.2. The molecule has 0 aliphatic heterocycles. The normalized spacial score (nSPS) is 12.3. The summed E-state index contributed by atoms with van der Waals surface area (Å²) >= 11 is 5.59. The SMILES string of the molecule is c1cc(-c2nc(-c3cccc(-n4c5ccccc5c5cc6c(cc54)sc4ccccc46)c3)c3cc(-c4ccc(-n5c6ccccc6c6cc7c(cc65)sc5ccccc57)cc4)ccc3n2)cc(-n2c3ccccc3c3cc4c(cc32)sc2ccccc24)c1. The van der Waals surface area contributed by atoms with E-state index in [-0.39, 0.29) is 0 Å². The molecule has 20 rings (SSSR count). The van der Waals surface area contributed by atoms with Crippen LogP contribution in [-0.4, -0.2) is 23.7 Å². The summed E-state index contributed by atoms with van der Waals surface area (Å²) in [4.78, 5) is 11.2. The molecule has 0 fully saturated rings. The van der Waals surface area contributed by atoms with Crippen molar-refractivity contribution in [1.29, 1.82) is 0 Å². The Morgan fingerprint density at radius 1 is 0.216 bits per heavy atom. The zero-order valence-corrected chi connectivity index (χ0v) is 49.4. The van der Waals surface area contributed by atoms with Crippen molar-refractivity contribution < 1.29 is 0 Å². The van der Waals surface area contributed by atoms with Crippen LogP contribution < -0.4 is 0 Å². The molecule has 0 aliphatic rings. The van der Waals surface area contributed by atoms with E-state index in [4.69, 9.17) is 9.97 Å². The first kappa shape index (κ1) is 48.5. The number of aromatic nitrogens is 5. The second-order valence-corrected chi connectivity index (χ2v) is 26.5. The molecule has 0 atom stereocenters. The summed E-state index contributed by atoms with van der Waals surface area (Å²) in [7, 11) is 0. The Kier molecular flexibility index (Phi) is 10.1. The second kappa shape index (κ2) is 18.4. The van der Waals surface area contributed by atoms with Gasteiger partial charge in [0.15, 0.2) is 5.82 Å². The van der Waals surface area contributed by atoms with Gasteiger partial charge >= 0.3 is 0 Å². The van der Waals surface area contributed by atoms with Crippen LogP contribution in [0.1, 0.15) is 0 Å². The maximum Gasteiger partial charge on any atom is 0.160 e. The Balaban J connectivity index is 0.761. The van der Waals surface area contributed by atoms with Gasteiger partial charge in [-0.3, -0.25) is 0 Å². The smallest absolute Gasteiger partial charge is 0.160 e. The lowest BCUT2D eigenvalue weighted by molar-refractivity contribution is 1.17. The minimum atomic E-state index is 0.669. The third-order valence-corrected chi connectivity index (χ3v) is 21.8. The number of nitrogens with zero attached hydrogens (tertiary/aromatic N) is 5. The molecule has 7 aromatic heterocycles. The van der Waals surface area contributed by atoms with Crippen molar-refractivity contribution in [3.8, 4) is 50.8 Å². The van der Waals surface area contributed by atoms with Gasteiger partial charge in [0.25, 0.3) is 0 Å². The predicted octanol–water partition coefficient (Wildman–Crippen LogP) is 23.0. The van der Waals surface area contributed by atoms with E-state index < -0.39 is 0 Å². The number of hydrogen-bond acceptors (Lipinski definition) is 5. The molecule has 0 saturated carbocycles. The quantitative estimate of drug-likeness (QED) is 0.166. The summed E-state index contributed by atoms with van der Waals surface area (Å²) in [5, 5.41) is 16.3. The van der Waals surface area contributed by atoms with Gasteiger partial charge in [0, 0.05) is 126 Å². The molecule has 0 unspecified atom stereocenters. The van der Waals surface area contributed by atoms with E-state index in [1.165, 1.54) is 120 Å². The maximum absolute atomic E-state index is 5.71. The topological polar surface area (TPSA) is 40.6 Å². The fourth-order valence-corrected chi connectivity index (χ4v) is 17.8. The highest BCUT2D eigenvalue weighted by Gasteiger charge is 2.22. The van der Waals surface area contributed by atoms with Crippen LogP contribution in [0.5, 0.6) is 0 Å². The molecule has 0 radical (unpaired) electrons. The van der Waals surface area contributed by atoms with Gasteiger partial charge in [-0.15, -0.1) is 34.0 Å². The molecule has 5 nitrogen and oxygen atoms in total. The highest BCUT2D eigenvalue weighted by Crippen LogP contribution is 2.46. The minimum Gasteiger partial charge on any atom is -0.309 e.